The molecular weight excluding hydrogens is 256 g/mol. The van der Waals surface area contributed by atoms with Gasteiger partial charge in [-0.15, -0.1) is 0 Å². The fourth-order valence-corrected chi connectivity index (χ4v) is 2.89. The highest BCUT2D eigenvalue weighted by atomic mass is 16.5. The van der Waals surface area contributed by atoms with Crippen LogP contribution in [0.5, 0.6) is 5.88 Å². The molecule has 108 valence electrons. The number of pyridine rings is 1. The van der Waals surface area contributed by atoms with E-state index in [1.807, 2.05) is 0 Å². The molecule has 0 bridgehead atoms. The SMILES string of the molecule is O=C(c1ccnc(OC2CCCC2)c1)N1CC[C@H](O)C1. The van der Waals surface area contributed by atoms with Crippen LogP contribution in [-0.4, -0.2) is 46.2 Å². The maximum absolute atomic E-state index is 12.3. The second kappa shape index (κ2) is 5.79. The van der Waals surface area contributed by atoms with E-state index in [0.29, 0.717) is 31.0 Å². The van der Waals surface area contributed by atoms with E-state index >= 15 is 0 Å². The van der Waals surface area contributed by atoms with Crippen molar-refractivity contribution in [3.8, 4) is 5.88 Å². The number of ether oxygens (including phenoxy) is 1. The smallest absolute Gasteiger partial charge is 0.254 e. The molecular formula is C15H20N2O3. The first-order chi connectivity index (χ1) is 9.72. The first-order valence-electron chi connectivity index (χ1n) is 7.32. The van der Waals surface area contributed by atoms with Gasteiger partial charge in [0.2, 0.25) is 5.88 Å². The van der Waals surface area contributed by atoms with Crippen molar-refractivity contribution in [2.45, 2.75) is 44.3 Å². The minimum atomic E-state index is -0.394. The first kappa shape index (κ1) is 13.4. The van der Waals surface area contributed by atoms with E-state index in [-0.39, 0.29) is 12.0 Å². The van der Waals surface area contributed by atoms with Crippen LogP contribution in [-0.2, 0) is 0 Å². The largest absolute Gasteiger partial charge is 0.474 e. The second-order valence-corrected chi connectivity index (χ2v) is 5.60. The number of amides is 1. The standard InChI is InChI=1S/C15H20N2O3/c18-12-6-8-17(10-12)15(19)11-5-7-16-14(9-11)20-13-3-1-2-4-13/h5,7,9,12-13,18H,1-4,6,8,10H2/t12-/m0/s1. The molecule has 1 aromatic rings. The van der Waals surface area contributed by atoms with Crippen LogP contribution in [0.15, 0.2) is 18.3 Å². The Kier molecular flexibility index (Phi) is 3.87. The van der Waals surface area contributed by atoms with Crippen LogP contribution in [0.3, 0.4) is 0 Å². The van der Waals surface area contributed by atoms with Gasteiger partial charge in [-0.05, 0) is 38.2 Å². The molecule has 0 unspecified atom stereocenters. The van der Waals surface area contributed by atoms with Crippen LogP contribution >= 0.6 is 0 Å². The summed E-state index contributed by atoms with van der Waals surface area (Å²) in [6, 6.07) is 3.42. The van der Waals surface area contributed by atoms with Gasteiger partial charge >= 0.3 is 0 Å². The number of nitrogens with zero attached hydrogens (tertiary/aromatic N) is 2. The lowest BCUT2D eigenvalue weighted by molar-refractivity contribution is 0.0764. The normalized spacial score (nSPS) is 23.2. The summed E-state index contributed by atoms with van der Waals surface area (Å²) < 4.78 is 5.82. The van der Waals surface area contributed by atoms with Gasteiger partial charge in [0.15, 0.2) is 0 Å². The molecule has 1 N–H and O–H groups in total. The predicted octanol–water partition coefficient (Wildman–Crippen LogP) is 1.61. The van der Waals surface area contributed by atoms with E-state index in [1.54, 1.807) is 23.2 Å². The van der Waals surface area contributed by atoms with Crippen molar-refractivity contribution in [3.05, 3.63) is 23.9 Å². The van der Waals surface area contributed by atoms with Gasteiger partial charge in [0.1, 0.15) is 6.10 Å². The molecule has 5 heteroatoms. The lowest BCUT2D eigenvalue weighted by Gasteiger charge is -2.16. The molecule has 2 fully saturated rings. The molecule has 1 atom stereocenters. The van der Waals surface area contributed by atoms with Crippen molar-refractivity contribution in [2.75, 3.05) is 13.1 Å². The molecule has 2 aliphatic rings. The zero-order valence-electron chi connectivity index (χ0n) is 11.5. The summed E-state index contributed by atoms with van der Waals surface area (Å²) in [4.78, 5) is 18.2. The lowest BCUT2D eigenvalue weighted by atomic mass is 10.2. The van der Waals surface area contributed by atoms with Gasteiger partial charge in [-0.2, -0.15) is 0 Å². The number of rotatable bonds is 3. The quantitative estimate of drug-likeness (QED) is 0.911. The average Bonchev–Trinajstić information content (AvgIpc) is 3.10. The number of hydrogen-bond acceptors (Lipinski definition) is 4. The Morgan fingerprint density at radius 2 is 2.15 bits per heavy atom. The molecule has 1 saturated heterocycles. The highest BCUT2D eigenvalue weighted by Crippen LogP contribution is 2.23. The van der Waals surface area contributed by atoms with Crippen LogP contribution in [0.4, 0.5) is 0 Å². The molecule has 1 saturated carbocycles. The number of β-amino-alcohol motifs (C(OH)–C–C–N with tert-alkyl or cyclic N) is 1. The summed E-state index contributed by atoms with van der Waals surface area (Å²) in [5.41, 5.74) is 0.585. The van der Waals surface area contributed by atoms with E-state index in [2.05, 4.69) is 4.98 Å². The minimum Gasteiger partial charge on any atom is -0.474 e. The summed E-state index contributed by atoms with van der Waals surface area (Å²) >= 11 is 0. The number of aliphatic hydroxyl groups excluding tert-OH is 1. The third-order valence-electron chi connectivity index (χ3n) is 4.02. The van der Waals surface area contributed by atoms with Gasteiger partial charge in [0.05, 0.1) is 6.10 Å². The van der Waals surface area contributed by atoms with Crippen LogP contribution in [0.1, 0.15) is 42.5 Å². The van der Waals surface area contributed by atoms with Crippen molar-refractivity contribution < 1.29 is 14.6 Å². The van der Waals surface area contributed by atoms with Gasteiger partial charge in [-0.25, -0.2) is 4.98 Å². The molecule has 20 heavy (non-hydrogen) atoms. The molecule has 1 aliphatic heterocycles. The molecule has 2 heterocycles. The number of aliphatic hydroxyl groups is 1. The molecule has 1 amide bonds. The fourth-order valence-electron chi connectivity index (χ4n) is 2.89. The number of likely N-dealkylation sites (tertiary alicyclic amines) is 1. The number of carbonyl (C=O) groups is 1. The predicted molar refractivity (Wildman–Crippen MR) is 73.6 cm³/mol. The van der Waals surface area contributed by atoms with Gasteiger partial charge in [-0.1, -0.05) is 0 Å². The van der Waals surface area contributed by atoms with Crippen molar-refractivity contribution in [2.24, 2.45) is 0 Å². The third-order valence-corrected chi connectivity index (χ3v) is 4.02. The third kappa shape index (κ3) is 2.93. The number of hydrogen-bond donors (Lipinski definition) is 1. The average molecular weight is 276 g/mol. The van der Waals surface area contributed by atoms with Crippen molar-refractivity contribution in [3.63, 3.8) is 0 Å². The van der Waals surface area contributed by atoms with E-state index < -0.39 is 6.10 Å². The highest BCUT2D eigenvalue weighted by Gasteiger charge is 2.26. The molecule has 3 rings (SSSR count). The van der Waals surface area contributed by atoms with Crippen LogP contribution in [0.2, 0.25) is 0 Å². The summed E-state index contributed by atoms with van der Waals surface area (Å²) in [5.74, 6) is 0.475. The Morgan fingerprint density at radius 1 is 1.35 bits per heavy atom. The molecule has 0 aromatic carbocycles. The van der Waals surface area contributed by atoms with Crippen molar-refractivity contribution in [1.29, 1.82) is 0 Å². The van der Waals surface area contributed by atoms with Gasteiger partial charge in [-0.3, -0.25) is 4.79 Å². The number of carbonyl (C=O) groups excluding carboxylic acids is 1. The molecule has 1 aromatic heterocycles. The Hall–Kier alpha value is -1.62. The fraction of sp³-hybridized carbons (Fsp3) is 0.600. The zero-order valence-corrected chi connectivity index (χ0v) is 11.5. The lowest BCUT2D eigenvalue weighted by Crippen LogP contribution is -2.29. The topological polar surface area (TPSA) is 62.7 Å². The highest BCUT2D eigenvalue weighted by molar-refractivity contribution is 5.94. The van der Waals surface area contributed by atoms with Crippen molar-refractivity contribution in [1.82, 2.24) is 9.88 Å². The molecule has 0 radical (unpaired) electrons. The van der Waals surface area contributed by atoms with Crippen LogP contribution in [0.25, 0.3) is 0 Å². The maximum atomic E-state index is 12.3. The summed E-state index contributed by atoms with van der Waals surface area (Å²) in [6.45, 7) is 1.03. The van der Waals surface area contributed by atoms with E-state index in [0.717, 1.165) is 12.8 Å². The Labute approximate surface area is 118 Å². The van der Waals surface area contributed by atoms with E-state index in [9.17, 15) is 9.90 Å². The van der Waals surface area contributed by atoms with Gasteiger partial charge in [0, 0.05) is 30.9 Å². The Morgan fingerprint density at radius 3 is 2.85 bits per heavy atom. The Balaban J connectivity index is 1.68. The summed E-state index contributed by atoms with van der Waals surface area (Å²) in [6.07, 6.45) is 6.66. The molecule has 5 nitrogen and oxygen atoms in total. The van der Waals surface area contributed by atoms with Crippen LogP contribution < -0.4 is 4.74 Å². The van der Waals surface area contributed by atoms with Gasteiger partial charge in [0.25, 0.3) is 5.91 Å². The second-order valence-electron chi connectivity index (χ2n) is 5.60. The molecule has 1 aliphatic carbocycles. The summed E-state index contributed by atoms with van der Waals surface area (Å²) in [7, 11) is 0. The molecule has 0 spiro atoms. The maximum Gasteiger partial charge on any atom is 0.254 e. The first-order valence-corrected chi connectivity index (χ1v) is 7.32. The Bertz CT molecular complexity index is 486. The zero-order chi connectivity index (χ0) is 13.9. The monoisotopic (exact) mass is 276 g/mol. The van der Waals surface area contributed by atoms with E-state index in [1.165, 1.54) is 12.8 Å². The van der Waals surface area contributed by atoms with Crippen molar-refractivity contribution >= 4 is 5.91 Å². The summed E-state index contributed by atoms with van der Waals surface area (Å²) in [5, 5.41) is 9.51. The van der Waals surface area contributed by atoms with Gasteiger partial charge < -0.3 is 14.7 Å². The minimum absolute atomic E-state index is 0.0554. The number of aromatic nitrogens is 1. The van der Waals surface area contributed by atoms with Crippen LogP contribution in [0, 0.1) is 0 Å². The van der Waals surface area contributed by atoms with E-state index in [4.69, 9.17) is 4.74 Å².